The van der Waals surface area contributed by atoms with Crippen molar-refractivity contribution in [3.8, 4) is 5.75 Å². The van der Waals surface area contributed by atoms with Gasteiger partial charge in [-0.3, -0.25) is 4.79 Å². The zero-order valence-electron chi connectivity index (χ0n) is 13.5. The molecule has 0 unspecified atom stereocenters. The molecule has 5 nitrogen and oxygen atoms in total. The Balaban J connectivity index is 1.84. The molecule has 0 amide bonds. The number of carbonyl (C=O) groups excluding carboxylic acids is 2. The molecule has 2 aromatic carbocycles. The molecule has 0 atom stereocenters. The van der Waals surface area contributed by atoms with Crippen molar-refractivity contribution in [2.45, 2.75) is 6.92 Å². The molecule has 0 aliphatic carbocycles. The Morgan fingerprint density at radius 3 is 2.54 bits per heavy atom. The van der Waals surface area contributed by atoms with Crippen LogP contribution >= 0.6 is 0 Å². The number of para-hydroxylation sites is 2. The van der Waals surface area contributed by atoms with Crippen molar-refractivity contribution in [3.05, 3.63) is 65.4 Å². The second-order valence-corrected chi connectivity index (χ2v) is 5.37. The van der Waals surface area contributed by atoms with Gasteiger partial charge in [-0.15, -0.1) is 0 Å². The summed E-state index contributed by atoms with van der Waals surface area (Å²) >= 11 is 0. The summed E-state index contributed by atoms with van der Waals surface area (Å²) in [6.07, 6.45) is 0. The molecule has 0 fully saturated rings. The minimum absolute atomic E-state index is 0.149. The maximum Gasteiger partial charge on any atom is 0.341 e. The topological polar surface area (TPSA) is 68.4 Å². The van der Waals surface area contributed by atoms with E-state index in [2.05, 4.69) is 4.98 Å². The number of aryl methyl sites for hydroxylation is 1. The number of H-pyrrole nitrogens is 1. The number of fused-ring (bicyclic) bond motifs is 1. The van der Waals surface area contributed by atoms with Crippen LogP contribution in [0.2, 0.25) is 0 Å². The average molecular weight is 323 g/mol. The van der Waals surface area contributed by atoms with E-state index >= 15 is 0 Å². The molecule has 3 rings (SSSR count). The highest BCUT2D eigenvalue weighted by Gasteiger charge is 2.18. The summed E-state index contributed by atoms with van der Waals surface area (Å²) in [5, 5.41) is 0.866. The SMILES string of the molecule is COC(=O)c1ccccc1OCC(=O)c1c(C)[nH]c2ccccc12. The van der Waals surface area contributed by atoms with Crippen LogP contribution < -0.4 is 4.74 Å². The van der Waals surface area contributed by atoms with Gasteiger partial charge in [-0.2, -0.15) is 0 Å². The zero-order chi connectivity index (χ0) is 17.1. The van der Waals surface area contributed by atoms with Gasteiger partial charge in [0.25, 0.3) is 0 Å². The number of Topliss-reactive ketones (excluding diaryl/α,β-unsaturated/α-hetero) is 1. The van der Waals surface area contributed by atoms with E-state index in [0.717, 1.165) is 16.6 Å². The van der Waals surface area contributed by atoms with Crippen LogP contribution in [0.1, 0.15) is 26.4 Å². The van der Waals surface area contributed by atoms with E-state index < -0.39 is 5.97 Å². The number of ketones is 1. The van der Waals surface area contributed by atoms with Crippen LogP contribution in [0.25, 0.3) is 10.9 Å². The number of hydrogen-bond donors (Lipinski definition) is 1. The van der Waals surface area contributed by atoms with Crippen molar-refractivity contribution >= 4 is 22.7 Å². The lowest BCUT2D eigenvalue weighted by Crippen LogP contribution is -2.14. The van der Waals surface area contributed by atoms with Crippen LogP contribution in [-0.4, -0.2) is 30.5 Å². The summed E-state index contributed by atoms with van der Waals surface area (Å²) in [4.78, 5) is 27.5. The number of benzene rings is 2. The Morgan fingerprint density at radius 1 is 1.04 bits per heavy atom. The van der Waals surface area contributed by atoms with E-state index in [-0.39, 0.29) is 12.4 Å². The highest BCUT2D eigenvalue weighted by Crippen LogP contribution is 2.23. The van der Waals surface area contributed by atoms with Crippen molar-refractivity contribution in [1.29, 1.82) is 0 Å². The fourth-order valence-corrected chi connectivity index (χ4v) is 2.72. The first-order valence-electron chi connectivity index (χ1n) is 7.52. The predicted octanol–water partition coefficient (Wildman–Crippen LogP) is 3.52. The van der Waals surface area contributed by atoms with Gasteiger partial charge in [0.15, 0.2) is 6.61 Å². The molecule has 24 heavy (non-hydrogen) atoms. The quantitative estimate of drug-likeness (QED) is 0.576. The van der Waals surface area contributed by atoms with Crippen molar-refractivity contribution in [2.75, 3.05) is 13.7 Å². The molecule has 1 heterocycles. The third-order valence-corrected chi connectivity index (χ3v) is 3.82. The summed E-state index contributed by atoms with van der Waals surface area (Å²) in [6, 6.07) is 14.3. The number of carbonyl (C=O) groups is 2. The van der Waals surface area contributed by atoms with Gasteiger partial charge in [-0.1, -0.05) is 30.3 Å². The van der Waals surface area contributed by atoms with Crippen LogP contribution in [-0.2, 0) is 4.74 Å². The van der Waals surface area contributed by atoms with Crippen LogP contribution in [0.15, 0.2) is 48.5 Å². The highest BCUT2D eigenvalue weighted by atomic mass is 16.5. The molecule has 1 aromatic heterocycles. The Labute approximate surface area is 139 Å². The first-order valence-corrected chi connectivity index (χ1v) is 7.52. The van der Waals surface area contributed by atoms with Crippen molar-refractivity contribution in [3.63, 3.8) is 0 Å². The van der Waals surface area contributed by atoms with Gasteiger partial charge in [0.2, 0.25) is 5.78 Å². The summed E-state index contributed by atoms with van der Waals surface area (Å²) in [5.74, 6) is -0.318. The number of aromatic amines is 1. The monoisotopic (exact) mass is 323 g/mol. The van der Waals surface area contributed by atoms with E-state index in [1.807, 2.05) is 31.2 Å². The van der Waals surface area contributed by atoms with Gasteiger partial charge in [-0.25, -0.2) is 4.79 Å². The maximum atomic E-state index is 12.6. The van der Waals surface area contributed by atoms with E-state index in [4.69, 9.17) is 9.47 Å². The van der Waals surface area contributed by atoms with Crippen LogP contribution in [0.3, 0.4) is 0 Å². The molecule has 0 spiro atoms. The number of hydrogen-bond acceptors (Lipinski definition) is 4. The third-order valence-electron chi connectivity index (χ3n) is 3.82. The lowest BCUT2D eigenvalue weighted by atomic mass is 10.1. The standard InChI is InChI=1S/C19H17NO4/c1-12-18(13-7-3-5-9-15(13)20-12)16(21)11-24-17-10-6-4-8-14(17)19(22)23-2/h3-10,20H,11H2,1-2H3. The number of ether oxygens (including phenoxy) is 2. The molecular formula is C19H17NO4. The van der Waals surface area contributed by atoms with Crippen molar-refractivity contribution in [1.82, 2.24) is 4.98 Å². The van der Waals surface area contributed by atoms with Crippen LogP contribution in [0.5, 0.6) is 5.75 Å². The fraction of sp³-hybridized carbons (Fsp3) is 0.158. The van der Waals surface area contributed by atoms with Crippen molar-refractivity contribution in [2.24, 2.45) is 0 Å². The fourth-order valence-electron chi connectivity index (χ4n) is 2.72. The Kier molecular flexibility index (Phi) is 4.33. The van der Waals surface area contributed by atoms with Gasteiger partial charge in [0, 0.05) is 22.2 Å². The van der Waals surface area contributed by atoms with Gasteiger partial charge in [0.05, 0.1) is 7.11 Å². The molecule has 0 aliphatic heterocycles. The van der Waals surface area contributed by atoms with Gasteiger partial charge in [0.1, 0.15) is 11.3 Å². The first-order chi connectivity index (χ1) is 11.6. The smallest absolute Gasteiger partial charge is 0.341 e. The largest absolute Gasteiger partial charge is 0.485 e. The molecule has 1 N–H and O–H groups in total. The molecule has 5 heteroatoms. The number of aromatic nitrogens is 1. The summed E-state index contributed by atoms with van der Waals surface area (Å²) < 4.78 is 10.3. The normalized spacial score (nSPS) is 10.6. The number of esters is 1. The number of rotatable bonds is 5. The summed E-state index contributed by atoms with van der Waals surface area (Å²) in [5.41, 5.74) is 2.61. The Bertz CT molecular complexity index is 911. The van der Waals surface area contributed by atoms with Crippen LogP contribution in [0, 0.1) is 6.92 Å². The number of nitrogens with one attached hydrogen (secondary N) is 1. The van der Waals surface area contributed by atoms with Gasteiger partial charge in [-0.05, 0) is 25.1 Å². The van der Waals surface area contributed by atoms with Crippen molar-refractivity contribution < 1.29 is 19.1 Å². The lowest BCUT2D eigenvalue weighted by molar-refractivity contribution is 0.0594. The predicted molar refractivity (Wildman–Crippen MR) is 90.6 cm³/mol. The van der Waals surface area contributed by atoms with Gasteiger partial charge < -0.3 is 14.5 Å². The Hall–Kier alpha value is -3.08. The minimum Gasteiger partial charge on any atom is -0.485 e. The molecule has 0 aliphatic rings. The molecule has 122 valence electrons. The van der Waals surface area contributed by atoms with E-state index in [0.29, 0.717) is 16.9 Å². The number of methoxy groups -OCH3 is 1. The molecule has 0 saturated carbocycles. The Morgan fingerprint density at radius 2 is 1.75 bits per heavy atom. The zero-order valence-corrected chi connectivity index (χ0v) is 13.5. The molecular weight excluding hydrogens is 306 g/mol. The van der Waals surface area contributed by atoms with Gasteiger partial charge >= 0.3 is 5.97 Å². The molecule has 0 bridgehead atoms. The lowest BCUT2D eigenvalue weighted by Gasteiger charge is -2.09. The third kappa shape index (κ3) is 2.88. The molecule has 0 saturated heterocycles. The first kappa shape index (κ1) is 15.8. The van der Waals surface area contributed by atoms with Crippen LogP contribution in [0.4, 0.5) is 0 Å². The second kappa shape index (κ2) is 6.58. The summed E-state index contributed by atoms with van der Waals surface area (Å²) in [7, 11) is 1.31. The van der Waals surface area contributed by atoms with E-state index in [1.54, 1.807) is 24.3 Å². The molecule has 3 aromatic rings. The van der Waals surface area contributed by atoms with E-state index in [1.165, 1.54) is 7.11 Å². The average Bonchev–Trinajstić information content (AvgIpc) is 2.95. The minimum atomic E-state index is -0.499. The summed E-state index contributed by atoms with van der Waals surface area (Å²) in [6.45, 7) is 1.70. The highest BCUT2D eigenvalue weighted by molar-refractivity contribution is 6.10. The molecule has 0 radical (unpaired) electrons. The maximum absolute atomic E-state index is 12.6. The second-order valence-electron chi connectivity index (χ2n) is 5.37. The van der Waals surface area contributed by atoms with E-state index in [9.17, 15) is 9.59 Å².